The molecule has 19 heavy (non-hydrogen) atoms. The summed E-state index contributed by atoms with van der Waals surface area (Å²) in [6.45, 7) is 4.68. The average molecular weight is 275 g/mol. The van der Waals surface area contributed by atoms with Gasteiger partial charge in [-0.3, -0.25) is 4.79 Å². The maximum absolute atomic E-state index is 11.6. The van der Waals surface area contributed by atoms with Crippen LogP contribution in [-0.4, -0.2) is 50.8 Å². The Labute approximate surface area is 112 Å². The normalized spacial score (nSPS) is 18.7. The summed E-state index contributed by atoms with van der Waals surface area (Å²) in [7, 11) is 1.29. The van der Waals surface area contributed by atoms with Crippen molar-refractivity contribution in [1.82, 2.24) is 5.32 Å². The second kappa shape index (κ2) is 7.30. The zero-order chi connectivity index (χ0) is 14.3. The highest BCUT2D eigenvalue weighted by Crippen LogP contribution is 2.29. The van der Waals surface area contributed by atoms with Crippen molar-refractivity contribution in [3.05, 3.63) is 0 Å². The van der Waals surface area contributed by atoms with Gasteiger partial charge in [0.05, 0.1) is 33.4 Å². The Bertz CT molecular complexity index is 313. The van der Waals surface area contributed by atoms with Crippen molar-refractivity contribution in [3.8, 4) is 0 Å². The fourth-order valence-corrected chi connectivity index (χ4v) is 2.00. The van der Waals surface area contributed by atoms with Crippen LogP contribution < -0.4 is 5.32 Å². The zero-order valence-electron chi connectivity index (χ0n) is 11.6. The Kier molecular flexibility index (Phi) is 6.04. The molecule has 1 fully saturated rings. The van der Waals surface area contributed by atoms with Gasteiger partial charge in [0, 0.05) is 12.5 Å². The molecule has 0 bridgehead atoms. The molecular weight excluding hydrogens is 254 g/mol. The predicted molar refractivity (Wildman–Crippen MR) is 65.5 cm³/mol. The van der Waals surface area contributed by atoms with E-state index in [0.29, 0.717) is 26.2 Å². The molecule has 0 aliphatic carbocycles. The Morgan fingerprint density at radius 1 is 1.37 bits per heavy atom. The van der Waals surface area contributed by atoms with Crippen molar-refractivity contribution >= 4 is 12.1 Å². The van der Waals surface area contributed by atoms with Gasteiger partial charge in [-0.05, 0) is 13.8 Å². The lowest BCUT2D eigenvalue weighted by Crippen LogP contribution is -2.43. The summed E-state index contributed by atoms with van der Waals surface area (Å²) in [4.78, 5) is 22.7. The minimum Gasteiger partial charge on any atom is -0.466 e. The summed E-state index contributed by atoms with van der Waals surface area (Å²) >= 11 is 0. The molecule has 110 valence electrons. The van der Waals surface area contributed by atoms with Gasteiger partial charge in [0.15, 0.2) is 5.79 Å². The topological polar surface area (TPSA) is 83.1 Å². The van der Waals surface area contributed by atoms with Crippen molar-refractivity contribution in [2.75, 3.05) is 26.9 Å². The van der Waals surface area contributed by atoms with E-state index in [1.807, 2.05) is 0 Å². The molecule has 0 saturated carbocycles. The van der Waals surface area contributed by atoms with Gasteiger partial charge >= 0.3 is 12.1 Å². The molecule has 7 nitrogen and oxygen atoms in total. The summed E-state index contributed by atoms with van der Waals surface area (Å²) in [5.74, 6) is -1.40. The maximum Gasteiger partial charge on any atom is 0.407 e. The number of alkyl carbamates (subject to hydrolysis) is 1. The van der Waals surface area contributed by atoms with Crippen LogP contribution in [0.15, 0.2) is 0 Å². The van der Waals surface area contributed by atoms with E-state index in [2.05, 4.69) is 10.1 Å². The highest BCUT2D eigenvalue weighted by molar-refractivity contribution is 5.70. The zero-order valence-corrected chi connectivity index (χ0v) is 11.6. The molecule has 1 N–H and O–H groups in total. The number of nitrogens with one attached hydrogen (secondary N) is 1. The second-order valence-electron chi connectivity index (χ2n) is 4.33. The number of esters is 1. The number of carbonyl (C=O) groups excluding carboxylic acids is 2. The molecule has 1 unspecified atom stereocenters. The fourth-order valence-electron chi connectivity index (χ4n) is 2.00. The van der Waals surface area contributed by atoms with Gasteiger partial charge < -0.3 is 24.3 Å². The Balaban J connectivity index is 2.56. The fraction of sp³-hybridized carbons (Fsp3) is 0.833. The van der Waals surface area contributed by atoms with Gasteiger partial charge in [-0.2, -0.15) is 0 Å². The summed E-state index contributed by atoms with van der Waals surface area (Å²) in [5.41, 5.74) is 0. The summed E-state index contributed by atoms with van der Waals surface area (Å²) in [5, 5.41) is 2.61. The van der Waals surface area contributed by atoms with E-state index in [1.165, 1.54) is 7.11 Å². The second-order valence-corrected chi connectivity index (χ2v) is 4.33. The van der Waals surface area contributed by atoms with Crippen LogP contribution in [0.5, 0.6) is 0 Å². The van der Waals surface area contributed by atoms with Crippen LogP contribution in [0.25, 0.3) is 0 Å². The van der Waals surface area contributed by atoms with Gasteiger partial charge in [0.25, 0.3) is 0 Å². The molecule has 1 amide bonds. The SMILES string of the molecule is CCOC(=O)CC1(CC(C)NC(=O)OC)OCCO1. The molecule has 1 aliphatic heterocycles. The molecule has 1 heterocycles. The van der Waals surface area contributed by atoms with Crippen molar-refractivity contribution in [2.24, 2.45) is 0 Å². The molecule has 1 saturated heterocycles. The van der Waals surface area contributed by atoms with E-state index >= 15 is 0 Å². The van der Waals surface area contributed by atoms with E-state index in [4.69, 9.17) is 14.2 Å². The van der Waals surface area contributed by atoms with Crippen LogP contribution in [0.4, 0.5) is 4.79 Å². The van der Waals surface area contributed by atoms with E-state index < -0.39 is 11.9 Å². The molecule has 1 aliphatic rings. The number of amides is 1. The molecule has 0 aromatic heterocycles. The quantitative estimate of drug-likeness (QED) is 0.722. The highest BCUT2D eigenvalue weighted by Gasteiger charge is 2.41. The molecular formula is C12H21NO6. The van der Waals surface area contributed by atoms with Gasteiger partial charge in [0.1, 0.15) is 0 Å². The monoisotopic (exact) mass is 275 g/mol. The Morgan fingerprint density at radius 3 is 2.53 bits per heavy atom. The highest BCUT2D eigenvalue weighted by atomic mass is 16.7. The number of rotatable bonds is 6. The first-order valence-corrected chi connectivity index (χ1v) is 6.29. The van der Waals surface area contributed by atoms with Crippen LogP contribution in [0.1, 0.15) is 26.7 Å². The molecule has 0 spiro atoms. The van der Waals surface area contributed by atoms with Crippen LogP contribution in [0, 0.1) is 0 Å². The van der Waals surface area contributed by atoms with Gasteiger partial charge in [-0.15, -0.1) is 0 Å². The van der Waals surface area contributed by atoms with E-state index in [0.717, 1.165) is 0 Å². The standard InChI is InChI=1S/C12H21NO6/c1-4-17-10(14)8-12(18-5-6-19-12)7-9(2)13-11(15)16-3/h9H,4-8H2,1-3H3,(H,13,15). The van der Waals surface area contributed by atoms with Crippen LogP contribution in [0.2, 0.25) is 0 Å². The third-order valence-corrected chi connectivity index (χ3v) is 2.70. The minimum atomic E-state index is -1.02. The van der Waals surface area contributed by atoms with Gasteiger partial charge in [0.2, 0.25) is 0 Å². The smallest absolute Gasteiger partial charge is 0.407 e. The third kappa shape index (κ3) is 5.04. The lowest BCUT2D eigenvalue weighted by atomic mass is 10.0. The number of ether oxygens (including phenoxy) is 4. The first-order chi connectivity index (χ1) is 9.01. The predicted octanol–water partition coefficient (Wildman–Crippen LogP) is 0.817. The van der Waals surface area contributed by atoms with Crippen molar-refractivity contribution in [3.63, 3.8) is 0 Å². The average Bonchev–Trinajstić information content (AvgIpc) is 2.76. The van der Waals surface area contributed by atoms with Crippen molar-refractivity contribution in [1.29, 1.82) is 0 Å². The number of methoxy groups -OCH3 is 1. The maximum atomic E-state index is 11.6. The van der Waals surface area contributed by atoms with Gasteiger partial charge in [-0.1, -0.05) is 0 Å². The Hall–Kier alpha value is -1.34. The molecule has 1 atom stereocenters. The molecule has 1 rings (SSSR count). The first kappa shape index (κ1) is 15.7. The van der Waals surface area contributed by atoms with Crippen LogP contribution >= 0.6 is 0 Å². The molecule has 7 heteroatoms. The van der Waals surface area contributed by atoms with Crippen molar-refractivity contribution in [2.45, 2.75) is 38.5 Å². The van der Waals surface area contributed by atoms with Crippen LogP contribution in [-0.2, 0) is 23.7 Å². The Morgan fingerprint density at radius 2 is 2.00 bits per heavy atom. The van der Waals surface area contributed by atoms with E-state index in [1.54, 1.807) is 13.8 Å². The summed E-state index contributed by atoms with van der Waals surface area (Å²) in [6.07, 6.45) is -0.175. The van der Waals surface area contributed by atoms with E-state index in [-0.39, 0.29) is 18.4 Å². The largest absolute Gasteiger partial charge is 0.466 e. The number of hydrogen-bond donors (Lipinski definition) is 1. The van der Waals surface area contributed by atoms with E-state index in [9.17, 15) is 9.59 Å². The first-order valence-electron chi connectivity index (χ1n) is 6.29. The van der Waals surface area contributed by atoms with Gasteiger partial charge in [-0.25, -0.2) is 4.79 Å². The minimum absolute atomic E-state index is 0.00797. The lowest BCUT2D eigenvalue weighted by molar-refractivity contribution is -0.187. The number of hydrogen-bond acceptors (Lipinski definition) is 6. The van der Waals surface area contributed by atoms with Crippen LogP contribution in [0.3, 0.4) is 0 Å². The lowest BCUT2D eigenvalue weighted by Gasteiger charge is -2.29. The molecule has 0 aromatic carbocycles. The summed E-state index contributed by atoms with van der Waals surface area (Å²) < 4.78 is 20.5. The third-order valence-electron chi connectivity index (χ3n) is 2.70. The summed E-state index contributed by atoms with van der Waals surface area (Å²) in [6, 6.07) is -0.250. The molecule has 0 aromatic rings. The number of carbonyl (C=O) groups is 2. The van der Waals surface area contributed by atoms with Crippen molar-refractivity contribution < 1.29 is 28.5 Å². The molecule has 0 radical (unpaired) electrons.